The molecule has 0 aliphatic carbocycles. The van der Waals surface area contributed by atoms with Crippen molar-refractivity contribution in [1.29, 1.82) is 0 Å². The fourth-order valence-corrected chi connectivity index (χ4v) is 4.29. The number of ether oxygens (including phenoxy) is 1. The summed E-state index contributed by atoms with van der Waals surface area (Å²) in [6, 6.07) is 14.5. The van der Waals surface area contributed by atoms with Gasteiger partial charge in [0.15, 0.2) is 0 Å². The first-order chi connectivity index (χ1) is 14.4. The fraction of sp³-hybridized carbons (Fsp3) is 0.130. The third-order valence-corrected chi connectivity index (χ3v) is 6.01. The van der Waals surface area contributed by atoms with E-state index in [0.29, 0.717) is 32.6 Å². The molecular weight excluding hydrogens is 420 g/mol. The Labute approximate surface area is 183 Å². The summed E-state index contributed by atoms with van der Waals surface area (Å²) in [4.78, 5) is 28.9. The minimum atomic E-state index is -0.438. The number of carbonyl (C=O) groups excluding carboxylic acids is 2. The van der Waals surface area contributed by atoms with E-state index in [1.54, 1.807) is 24.3 Å². The highest BCUT2D eigenvalue weighted by molar-refractivity contribution is 7.11. The topological polar surface area (TPSA) is 58.6 Å². The molecule has 7 heteroatoms. The van der Waals surface area contributed by atoms with Crippen molar-refractivity contribution < 1.29 is 14.3 Å². The number of hydrogen-bond donors (Lipinski definition) is 1. The van der Waals surface area contributed by atoms with Gasteiger partial charge in [0, 0.05) is 15.6 Å². The van der Waals surface area contributed by atoms with E-state index in [9.17, 15) is 9.59 Å². The Kier molecular flexibility index (Phi) is 5.37. The summed E-state index contributed by atoms with van der Waals surface area (Å²) in [5, 5.41) is 5.58. The number of amides is 2. The van der Waals surface area contributed by atoms with Crippen molar-refractivity contribution in [3.05, 3.63) is 80.6 Å². The molecule has 0 spiro atoms. The van der Waals surface area contributed by atoms with Crippen molar-refractivity contribution in [1.82, 2.24) is 0 Å². The van der Waals surface area contributed by atoms with Gasteiger partial charge in [-0.25, -0.2) is 4.90 Å². The molecule has 30 heavy (non-hydrogen) atoms. The van der Waals surface area contributed by atoms with Crippen LogP contribution in [0.25, 0.3) is 5.57 Å². The quantitative estimate of drug-likeness (QED) is 0.540. The predicted octanol–water partition coefficient (Wildman–Crippen LogP) is 5.42. The lowest BCUT2D eigenvalue weighted by molar-refractivity contribution is -0.120. The average Bonchev–Trinajstić information content (AvgIpc) is 3.32. The minimum Gasteiger partial charge on any atom is -0.495 e. The van der Waals surface area contributed by atoms with Crippen LogP contribution < -0.4 is 15.0 Å². The third kappa shape index (κ3) is 3.49. The van der Waals surface area contributed by atoms with E-state index in [4.69, 9.17) is 16.3 Å². The Bertz CT molecular complexity index is 1190. The van der Waals surface area contributed by atoms with E-state index in [-0.39, 0.29) is 5.70 Å². The molecule has 2 amide bonds. The molecule has 1 aliphatic rings. The molecule has 0 radical (unpaired) electrons. The number of nitrogens with zero attached hydrogens (tertiary/aromatic N) is 1. The van der Waals surface area contributed by atoms with E-state index >= 15 is 0 Å². The molecule has 3 aromatic rings. The maximum absolute atomic E-state index is 13.5. The van der Waals surface area contributed by atoms with Gasteiger partial charge < -0.3 is 10.1 Å². The zero-order valence-corrected chi connectivity index (χ0v) is 18.2. The number of benzene rings is 2. The SMILES string of the molecule is COc1ccc(C)cc1N1C(=O)C(Nc2cc(Cl)ccc2C)=C(c2cccs2)C1=O. The monoisotopic (exact) mass is 438 g/mol. The lowest BCUT2D eigenvalue weighted by Crippen LogP contribution is -2.32. The van der Waals surface area contributed by atoms with Crippen LogP contribution in [0.2, 0.25) is 5.02 Å². The number of aryl methyl sites for hydroxylation is 2. The van der Waals surface area contributed by atoms with Crippen LogP contribution in [0.4, 0.5) is 11.4 Å². The zero-order chi connectivity index (χ0) is 21.4. The molecule has 2 aromatic carbocycles. The average molecular weight is 439 g/mol. The molecule has 0 fully saturated rings. The summed E-state index contributed by atoms with van der Waals surface area (Å²) in [7, 11) is 1.52. The number of imide groups is 1. The second kappa shape index (κ2) is 7.97. The van der Waals surface area contributed by atoms with Crippen molar-refractivity contribution >= 4 is 51.7 Å². The molecule has 1 N–H and O–H groups in total. The van der Waals surface area contributed by atoms with E-state index in [1.807, 2.05) is 43.5 Å². The number of halogens is 1. The second-order valence-electron chi connectivity index (χ2n) is 6.93. The minimum absolute atomic E-state index is 0.219. The molecule has 2 heterocycles. The van der Waals surface area contributed by atoms with E-state index in [2.05, 4.69) is 5.32 Å². The van der Waals surface area contributed by atoms with Gasteiger partial charge in [0.25, 0.3) is 11.8 Å². The summed E-state index contributed by atoms with van der Waals surface area (Å²) in [5.41, 5.74) is 3.46. The van der Waals surface area contributed by atoms with Gasteiger partial charge in [0.05, 0.1) is 18.4 Å². The van der Waals surface area contributed by atoms with Crippen molar-refractivity contribution in [3.8, 4) is 5.75 Å². The van der Waals surface area contributed by atoms with Gasteiger partial charge in [-0.05, 0) is 60.7 Å². The Morgan fingerprint density at radius 2 is 1.83 bits per heavy atom. The summed E-state index contributed by atoms with van der Waals surface area (Å²) in [6.45, 7) is 3.81. The van der Waals surface area contributed by atoms with Gasteiger partial charge in [0.1, 0.15) is 11.4 Å². The number of thiophene rings is 1. The molecule has 1 aromatic heterocycles. The zero-order valence-electron chi connectivity index (χ0n) is 16.7. The number of rotatable bonds is 5. The Hall–Kier alpha value is -3.09. The van der Waals surface area contributed by atoms with Crippen molar-refractivity contribution in [2.45, 2.75) is 13.8 Å². The third-order valence-electron chi connectivity index (χ3n) is 4.89. The van der Waals surface area contributed by atoms with Gasteiger partial charge >= 0.3 is 0 Å². The molecule has 0 unspecified atom stereocenters. The highest BCUT2D eigenvalue weighted by Gasteiger charge is 2.42. The summed E-state index contributed by atoms with van der Waals surface area (Å²) in [6.07, 6.45) is 0. The summed E-state index contributed by atoms with van der Waals surface area (Å²) in [5.74, 6) is -0.381. The van der Waals surface area contributed by atoms with Gasteiger partial charge in [-0.1, -0.05) is 29.8 Å². The van der Waals surface area contributed by atoms with Crippen LogP contribution in [0.5, 0.6) is 5.75 Å². The number of carbonyl (C=O) groups is 2. The molecule has 0 saturated heterocycles. The van der Waals surface area contributed by atoms with Crippen LogP contribution in [0, 0.1) is 13.8 Å². The van der Waals surface area contributed by atoms with Gasteiger partial charge in [-0.2, -0.15) is 0 Å². The molecule has 5 nitrogen and oxygen atoms in total. The first-order valence-corrected chi connectivity index (χ1v) is 10.5. The highest BCUT2D eigenvalue weighted by Crippen LogP contribution is 2.39. The first-order valence-electron chi connectivity index (χ1n) is 9.25. The number of hydrogen-bond acceptors (Lipinski definition) is 5. The lowest BCUT2D eigenvalue weighted by atomic mass is 10.1. The Morgan fingerprint density at radius 1 is 1.03 bits per heavy atom. The largest absolute Gasteiger partial charge is 0.495 e. The lowest BCUT2D eigenvalue weighted by Gasteiger charge is -2.19. The summed E-state index contributed by atoms with van der Waals surface area (Å²) >= 11 is 7.56. The van der Waals surface area contributed by atoms with Crippen LogP contribution in [0.3, 0.4) is 0 Å². The standard InChI is InChI=1S/C23H19ClN2O3S/c1-13-6-9-18(29-3)17(11-13)26-22(27)20(19-5-4-10-30-19)21(23(26)28)25-16-12-15(24)8-7-14(16)2/h4-12,25H,1-3H3. The molecule has 0 atom stereocenters. The summed E-state index contributed by atoms with van der Waals surface area (Å²) < 4.78 is 5.42. The molecule has 0 bridgehead atoms. The van der Waals surface area contributed by atoms with Crippen molar-refractivity contribution in [3.63, 3.8) is 0 Å². The normalized spacial score (nSPS) is 13.9. The predicted molar refractivity (Wildman–Crippen MR) is 121 cm³/mol. The molecular formula is C23H19ClN2O3S. The molecule has 1 aliphatic heterocycles. The smallest absolute Gasteiger partial charge is 0.282 e. The van der Waals surface area contributed by atoms with Gasteiger partial charge in [0.2, 0.25) is 0 Å². The second-order valence-corrected chi connectivity index (χ2v) is 8.32. The van der Waals surface area contributed by atoms with Crippen LogP contribution in [-0.2, 0) is 9.59 Å². The Balaban J connectivity index is 1.86. The maximum atomic E-state index is 13.5. The Morgan fingerprint density at radius 3 is 2.53 bits per heavy atom. The first kappa shape index (κ1) is 20.2. The number of anilines is 2. The van der Waals surface area contributed by atoms with Crippen LogP contribution >= 0.6 is 22.9 Å². The number of nitrogens with one attached hydrogen (secondary N) is 1. The fourth-order valence-electron chi connectivity index (χ4n) is 3.35. The van der Waals surface area contributed by atoms with Crippen LogP contribution in [0.1, 0.15) is 16.0 Å². The van der Waals surface area contributed by atoms with E-state index in [1.165, 1.54) is 23.3 Å². The number of methoxy groups -OCH3 is 1. The highest BCUT2D eigenvalue weighted by atomic mass is 35.5. The van der Waals surface area contributed by atoms with Gasteiger partial charge in [-0.15, -0.1) is 11.3 Å². The molecule has 0 saturated carbocycles. The van der Waals surface area contributed by atoms with Crippen LogP contribution in [0.15, 0.2) is 59.6 Å². The van der Waals surface area contributed by atoms with Crippen molar-refractivity contribution in [2.24, 2.45) is 0 Å². The molecule has 4 rings (SSSR count). The molecule has 152 valence electrons. The van der Waals surface area contributed by atoms with Gasteiger partial charge in [-0.3, -0.25) is 9.59 Å². The maximum Gasteiger partial charge on any atom is 0.282 e. The van der Waals surface area contributed by atoms with E-state index < -0.39 is 11.8 Å². The van der Waals surface area contributed by atoms with Crippen LogP contribution in [-0.4, -0.2) is 18.9 Å². The van der Waals surface area contributed by atoms with E-state index in [0.717, 1.165) is 11.1 Å². The van der Waals surface area contributed by atoms with Crippen molar-refractivity contribution in [2.75, 3.05) is 17.3 Å².